The van der Waals surface area contributed by atoms with Gasteiger partial charge in [-0.15, -0.1) is 0 Å². The molecule has 1 aromatic rings. The maximum absolute atomic E-state index is 13.3. The van der Waals surface area contributed by atoms with Crippen molar-refractivity contribution in [3.8, 4) is 0 Å². The van der Waals surface area contributed by atoms with Crippen LogP contribution < -0.4 is 11.1 Å². The zero-order chi connectivity index (χ0) is 13.1. The van der Waals surface area contributed by atoms with E-state index < -0.39 is 24.4 Å². The predicted octanol–water partition coefficient (Wildman–Crippen LogP) is 1.46. The van der Waals surface area contributed by atoms with Gasteiger partial charge in [0.1, 0.15) is 5.82 Å². The Morgan fingerprint density at radius 3 is 2.47 bits per heavy atom. The Hall–Kier alpha value is -1.63. The molecular formula is C10H10F4N2O. The number of benzene rings is 1. The van der Waals surface area contributed by atoms with Crippen LogP contribution >= 0.6 is 0 Å². The summed E-state index contributed by atoms with van der Waals surface area (Å²) in [6, 6.07) is 3.89. The number of amides is 1. The van der Waals surface area contributed by atoms with E-state index in [4.69, 9.17) is 5.73 Å². The SMILES string of the molecule is NCc1ccc(CNC(=O)C(F)(F)F)c(F)c1. The zero-order valence-corrected chi connectivity index (χ0v) is 8.64. The molecule has 0 aromatic heterocycles. The van der Waals surface area contributed by atoms with Crippen LogP contribution in [0.1, 0.15) is 11.1 Å². The van der Waals surface area contributed by atoms with Gasteiger partial charge in [0.15, 0.2) is 0 Å². The summed E-state index contributed by atoms with van der Waals surface area (Å²) in [5, 5.41) is 1.58. The molecule has 0 unspecified atom stereocenters. The minimum Gasteiger partial charge on any atom is -0.344 e. The second-order valence-corrected chi connectivity index (χ2v) is 3.31. The van der Waals surface area contributed by atoms with Crippen LogP contribution in [-0.4, -0.2) is 12.1 Å². The summed E-state index contributed by atoms with van der Waals surface area (Å²) in [6.45, 7) is -0.388. The van der Waals surface area contributed by atoms with Gasteiger partial charge in [0, 0.05) is 18.7 Å². The van der Waals surface area contributed by atoms with Crippen molar-refractivity contribution in [1.82, 2.24) is 5.32 Å². The fourth-order valence-electron chi connectivity index (χ4n) is 1.14. The number of rotatable bonds is 3. The Kier molecular flexibility index (Phi) is 4.06. The third-order valence-electron chi connectivity index (χ3n) is 2.05. The van der Waals surface area contributed by atoms with Gasteiger partial charge in [0.05, 0.1) is 0 Å². The van der Waals surface area contributed by atoms with Gasteiger partial charge in [-0.05, 0) is 11.6 Å². The molecule has 3 N–H and O–H groups in total. The number of hydrogen-bond donors (Lipinski definition) is 2. The summed E-state index contributed by atoms with van der Waals surface area (Å²) in [4.78, 5) is 10.5. The van der Waals surface area contributed by atoms with Gasteiger partial charge in [0.25, 0.3) is 0 Å². The van der Waals surface area contributed by atoms with Crippen molar-refractivity contribution >= 4 is 5.91 Å². The lowest BCUT2D eigenvalue weighted by Crippen LogP contribution is -2.36. The van der Waals surface area contributed by atoms with Crippen LogP contribution in [0.2, 0.25) is 0 Å². The second-order valence-electron chi connectivity index (χ2n) is 3.31. The first-order chi connectivity index (χ1) is 7.84. The second kappa shape index (κ2) is 5.13. The Balaban J connectivity index is 2.67. The summed E-state index contributed by atoms with van der Waals surface area (Å²) in [5.74, 6) is -2.80. The van der Waals surface area contributed by atoms with Gasteiger partial charge < -0.3 is 11.1 Å². The molecule has 0 atom stereocenters. The van der Waals surface area contributed by atoms with Gasteiger partial charge in [-0.2, -0.15) is 13.2 Å². The fraction of sp³-hybridized carbons (Fsp3) is 0.300. The Bertz CT molecular complexity index is 417. The van der Waals surface area contributed by atoms with Crippen LogP contribution in [0, 0.1) is 5.82 Å². The van der Waals surface area contributed by atoms with E-state index in [2.05, 4.69) is 0 Å². The summed E-state index contributed by atoms with van der Waals surface area (Å²) >= 11 is 0. The van der Waals surface area contributed by atoms with E-state index in [1.807, 2.05) is 0 Å². The van der Waals surface area contributed by atoms with E-state index in [-0.39, 0.29) is 12.1 Å². The lowest BCUT2D eigenvalue weighted by Gasteiger charge is -2.09. The molecule has 7 heteroatoms. The molecule has 17 heavy (non-hydrogen) atoms. The van der Waals surface area contributed by atoms with Crippen molar-refractivity contribution < 1.29 is 22.4 Å². The number of nitrogens with two attached hydrogens (primary N) is 1. The van der Waals surface area contributed by atoms with Crippen molar-refractivity contribution in [2.45, 2.75) is 19.3 Å². The topological polar surface area (TPSA) is 55.1 Å². The van der Waals surface area contributed by atoms with E-state index in [0.29, 0.717) is 5.56 Å². The molecular weight excluding hydrogens is 240 g/mol. The summed E-state index contributed by atoms with van der Waals surface area (Å²) in [7, 11) is 0. The van der Waals surface area contributed by atoms with Crippen LogP contribution in [0.4, 0.5) is 17.6 Å². The molecule has 3 nitrogen and oxygen atoms in total. The molecule has 94 valence electrons. The Morgan fingerprint density at radius 2 is 2.00 bits per heavy atom. The van der Waals surface area contributed by atoms with Gasteiger partial charge in [0.2, 0.25) is 0 Å². The Labute approximate surface area is 94.6 Å². The third-order valence-corrected chi connectivity index (χ3v) is 2.05. The first-order valence-electron chi connectivity index (χ1n) is 4.67. The molecule has 0 saturated heterocycles. The van der Waals surface area contributed by atoms with Gasteiger partial charge in [-0.25, -0.2) is 4.39 Å². The molecule has 0 radical (unpaired) electrons. The van der Waals surface area contributed by atoms with E-state index in [9.17, 15) is 22.4 Å². The van der Waals surface area contributed by atoms with Crippen molar-refractivity contribution in [1.29, 1.82) is 0 Å². The standard InChI is InChI=1S/C10H10F4N2O/c11-8-3-6(4-15)1-2-7(8)5-16-9(17)10(12,13)14/h1-3H,4-5,15H2,(H,16,17). The van der Waals surface area contributed by atoms with E-state index in [1.54, 1.807) is 5.32 Å². The highest BCUT2D eigenvalue weighted by Gasteiger charge is 2.38. The van der Waals surface area contributed by atoms with E-state index in [1.165, 1.54) is 12.1 Å². The number of carbonyl (C=O) groups excluding carboxylic acids is 1. The maximum atomic E-state index is 13.3. The molecule has 0 bridgehead atoms. The average molecular weight is 250 g/mol. The highest BCUT2D eigenvalue weighted by Crippen LogP contribution is 2.15. The molecule has 1 aromatic carbocycles. The Morgan fingerprint density at radius 1 is 1.35 bits per heavy atom. The highest BCUT2D eigenvalue weighted by molar-refractivity contribution is 5.81. The van der Waals surface area contributed by atoms with Gasteiger partial charge in [-0.3, -0.25) is 4.79 Å². The third kappa shape index (κ3) is 3.70. The largest absolute Gasteiger partial charge is 0.471 e. The monoisotopic (exact) mass is 250 g/mol. The molecule has 0 aliphatic heterocycles. The molecule has 1 rings (SSSR count). The number of halogens is 4. The molecule has 0 aliphatic carbocycles. The number of nitrogens with one attached hydrogen (secondary N) is 1. The van der Waals surface area contributed by atoms with Gasteiger partial charge >= 0.3 is 12.1 Å². The van der Waals surface area contributed by atoms with Crippen molar-refractivity contribution in [2.24, 2.45) is 5.73 Å². The molecule has 0 aliphatic rings. The summed E-state index contributed by atoms with van der Waals surface area (Å²) in [6.07, 6.45) is -4.96. The minimum absolute atomic E-state index is 0.0280. The predicted molar refractivity (Wildman–Crippen MR) is 52.2 cm³/mol. The minimum atomic E-state index is -4.96. The molecule has 0 fully saturated rings. The van der Waals surface area contributed by atoms with Crippen LogP contribution in [-0.2, 0) is 17.9 Å². The molecule has 0 heterocycles. The van der Waals surface area contributed by atoms with Crippen molar-refractivity contribution in [3.63, 3.8) is 0 Å². The van der Waals surface area contributed by atoms with Crippen molar-refractivity contribution in [2.75, 3.05) is 0 Å². The van der Waals surface area contributed by atoms with Gasteiger partial charge in [-0.1, -0.05) is 12.1 Å². The quantitative estimate of drug-likeness (QED) is 0.798. The number of carbonyl (C=O) groups is 1. The summed E-state index contributed by atoms with van der Waals surface area (Å²) in [5.41, 5.74) is 5.76. The van der Waals surface area contributed by atoms with E-state index in [0.717, 1.165) is 6.07 Å². The first kappa shape index (κ1) is 13.4. The van der Waals surface area contributed by atoms with E-state index >= 15 is 0 Å². The smallest absolute Gasteiger partial charge is 0.344 e. The van der Waals surface area contributed by atoms with Crippen molar-refractivity contribution in [3.05, 3.63) is 35.1 Å². The normalized spacial score (nSPS) is 11.4. The average Bonchev–Trinajstić information content (AvgIpc) is 2.25. The molecule has 1 amide bonds. The molecule has 0 spiro atoms. The maximum Gasteiger partial charge on any atom is 0.471 e. The first-order valence-corrected chi connectivity index (χ1v) is 4.67. The lowest BCUT2D eigenvalue weighted by molar-refractivity contribution is -0.173. The fourth-order valence-corrected chi connectivity index (χ4v) is 1.14. The lowest BCUT2D eigenvalue weighted by atomic mass is 10.1. The zero-order valence-electron chi connectivity index (χ0n) is 8.64. The molecule has 0 saturated carbocycles. The number of hydrogen-bond acceptors (Lipinski definition) is 2. The summed E-state index contributed by atoms with van der Waals surface area (Å²) < 4.78 is 48.8. The van der Waals surface area contributed by atoms with Crippen LogP contribution in [0.5, 0.6) is 0 Å². The number of alkyl halides is 3. The van der Waals surface area contributed by atoms with Crippen LogP contribution in [0.3, 0.4) is 0 Å². The van der Waals surface area contributed by atoms with Crippen LogP contribution in [0.15, 0.2) is 18.2 Å². The van der Waals surface area contributed by atoms with Crippen LogP contribution in [0.25, 0.3) is 0 Å². The highest BCUT2D eigenvalue weighted by atomic mass is 19.4.